The van der Waals surface area contributed by atoms with Crippen LogP contribution in [-0.2, 0) is 4.74 Å². The molecule has 0 aliphatic carbocycles. The summed E-state index contributed by atoms with van der Waals surface area (Å²) in [5.41, 5.74) is -0.758. The lowest BCUT2D eigenvalue weighted by molar-refractivity contribution is -0.274. The van der Waals surface area contributed by atoms with E-state index < -0.39 is 41.3 Å². The van der Waals surface area contributed by atoms with Crippen molar-refractivity contribution in [2.24, 2.45) is 0 Å². The van der Waals surface area contributed by atoms with Crippen LogP contribution in [0.2, 0.25) is 0 Å². The van der Waals surface area contributed by atoms with Crippen molar-refractivity contribution < 1.29 is 42.0 Å². The molecule has 1 unspecified atom stereocenters. The summed E-state index contributed by atoms with van der Waals surface area (Å²) in [5, 5.41) is 20.2. The van der Waals surface area contributed by atoms with E-state index in [0.29, 0.717) is 0 Å². The number of benzene rings is 2. The quantitative estimate of drug-likeness (QED) is 0.617. The molecule has 0 amide bonds. The van der Waals surface area contributed by atoms with Crippen LogP contribution in [0, 0.1) is 5.82 Å². The number of aliphatic hydroxyl groups excluding tert-OH is 1. The lowest BCUT2D eigenvalue weighted by Crippen LogP contribution is -2.17. The molecule has 0 spiro atoms. The van der Waals surface area contributed by atoms with E-state index in [1.54, 1.807) is 6.92 Å². The van der Waals surface area contributed by atoms with Gasteiger partial charge in [0, 0.05) is 0 Å². The van der Waals surface area contributed by atoms with Crippen LogP contribution in [0.25, 0.3) is 0 Å². The molecule has 2 rings (SSSR count). The van der Waals surface area contributed by atoms with Crippen molar-refractivity contribution in [3.8, 4) is 11.5 Å². The molecule has 2 N–H and O–H groups in total. The van der Waals surface area contributed by atoms with E-state index >= 15 is 0 Å². The number of aromatic hydroxyl groups is 1. The maximum absolute atomic E-state index is 14.2. The highest BCUT2D eigenvalue weighted by Crippen LogP contribution is 2.34. The molecule has 9 heteroatoms. The Morgan fingerprint density at radius 1 is 1.19 bits per heavy atom. The number of hydrogen-bond acceptors (Lipinski definition) is 5. The van der Waals surface area contributed by atoms with Crippen LogP contribution in [-0.4, -0.2) is 29.2 Å². The molecule has 0 saturated carbocycles. The molecule has 0 aromatic heterocycles. The van der Waals surface area contributed by atoms with Gasteiger partial charge in [0.1, 0.15) is 23.4 Å². The van der Waals surface area contributed by atoms with Gasteiger partial charge in [-0.15, -0.1) is 13.2 Å². The third kappa shape index (κ3) is 4.63. The molecule has 0 radical (unpaired) electrons. The van der Waals surface area contributed by atoms with E-state index in [1.807, 2.05) is 0 Å². The summed E-state index contributed by atoms with van der Waals surface area (Å²) < 4.78 is 59.0. The predicted molar refractivity (Wildman–Crippen MR) is 81.2 cm³/mol. The molecule has 0 aliphatic heterocycles. The molecule has 2 aromatic carbocycles. The summed E-state index contributed by atoms with van der Waals surface area (Å²) in [4.78, 5) is 11.6. The van der Waals surface area contributed by atoms with Gasteiger partial charge in [0.15, 0.2) is 0 Å². The summed E-state index contributed by atoms with van der Waals surface area (Å²) >= 11 is 0. The molecular formula is C17H14F4O5. The van der Waals surface area contributed by atoms with Gasteiger partial charge in [0.05, 0.1) is 17.7 Å². The number of esters is 1. The Morgan fingerprint density at radius 3 is 2.31 bits per heavy atom. The van der Waals surface area contributed by atoms with Crippen molar-refractivity contribution in [3.63, 3.8) is 0 Å². The first-order valence-corrected chi connectivity index (χ1v) is 7.35. The number of carbonyl (C=O) groups excluding carboxylic acids is 1. The van der Waals surface area contributed by atoms with E-state index in [2.05, 4.69) is 4.74 Å². The second-order valence-corrected chi connectivity index (χ2v) is 5.13. The zero-order valence-corrected chi connectivity index (χ0v) is 13.4. The highest BCUT2D eigenvalue weighted by Gasteiger charge is 2.31. The maximum atomic E-state index is 14.2. The average molecular weight is 374 g/mol. The highest BCUT2D eigenvalue weighted by atomic mass is 19.4. The number of ether oxygens (including phenoxy) is 2. The summed E-state index contributed by atoms with van der Waals surface area (Å²) in [5.74, 6) is -3.14. The van der Waals surface area contributed by atoms with Gasteiger partial charge in [0.2, 0.25) is 0 Å². The largest absolute Gasteiger partial charge is 0.573 e. The van der Waals surface area contributed by atoms with Gasteiger partial charge in [-0.25, -0.2) is 9.18 Å². The second kappa shape index (κ2) is 7.61. The van der Waals surface area contributed by atoms with Crippen molar-refractivity contribution in [2.75, 3.05) is 6.61 Å². The van der Waals surface area contributed by atoms with Crippen LogP contribution >= 0.6 is 0 Å². The molecule has 0 aliphatic rings. The number of phenolic OH excluding ortho intramolecular Hbond substituents is 1. The molecule has 0 fully saturated rings. The van der Waals surface area contributed by atoms with Crippen molar-refractivity contribution in [2.45, 2.75) is 19.4 Å². The van der Waals surface area contributed by atoms with Gasteiger partial charge in [-0.05, 0) is 36.8 Å². The maximum Gasteiger partial charge on any atom is 0.573 e. The van der Waals surface area contributed by atoms with Crippen LogP contribution in [0.1, 0.15) is 34.5 Å². The third-order valence-electron chi connectivity index (χ3n) is 3.32. The summed E-state index contributed by atoms with van der Waals surface area (Å²) in [6.45, 7) is 1.61. The summed E-state index contributed by atoms with van der Waals surface area (Å²) in [6, 6.07) is 5.77. The fourth-order valence-corrected chi connectivity index (χ4v) is 2.22. The van der Waals surface area contributed by atoms with Crippen molar-refractivity contribution in [1.29, 1.82) is 0 Å². The van der Waals surface area contributed by atoms with E-state index in [-0.39, 0.29) is 17.7 Å². The Bertz CT molecular complexity index is 764. The molecule has 0 bridgehead atoms. The van der Waals surface area contributed by atoms with Gasteiger partial charge < -0.3 is 19.7 Å². The SMILES string of the molecule is CCOC(=O)c1cc(O)c(C(O)c2ccc(OC(F)(F)F)cc2)c(F)c1. The van der Waals surface area contributed by atoms with Gasteiger partial charge in [-0.2, -0.15) is 0 Å². The molecule has 0 saturated heterocycles. The molecule has 5 nitrogen and oxygen atoms in total. The molecule has 140 valence electrons. The zero-order valence-electron chi connectivity index (χ0n) is 13.4. The number of halogens is 4. The molecule has 26 heavy (non-hydrogen) atoms. The van der Waals surface area contributed by atoms with Gasteiger partial charge in [-0.1, -0.05) is 12.1 Å². The van der Waals surface area contributed by atoms with E-state index in [4.69, 9.17) is 4.74 Å². The van der Waals surface area contributed by atoms with Gasteiger partial charge >= 0.3 is 12.3 Å². The second-order valence-electron chi connectivity index (χ2n) is 5.13. The first-order valence-electron chi connectivity index (χ1n) is 7.35. The normalized spacial score (nSPS) is 12.5. The standard InChI is InChI=1S/C17H14F4O5/c1-2-25-16(24)10-7-12(18)14(13(22)8-10)15(23)9-3-5-11(6-4-9)26-17(19,20)21/h3-8,15,22-23H,2H2,1H3. The van der Waals surface area contributed by atoms with Crippen LogP contribution < -0.4 is 4.74 Å². The van der Waals surface area contributed by atoms with E-state index in [1.165, 1.54) is 0 Å². The van der Waals surface area contributed by atoms with Crippen LogP contribution in [0.15, 0.2) is 36.4 Å². The minimum atomic E-state index is -4.87. The van der Waals surface area contributed by atoms with E-state index in [0.717, 1.165) is 36.4 Å². The molecule has 2 aromatic rings. The Labute approximate surface area is 145 Å². The zero-order chi connectivity index (χ0) is 19.5. The fourth-order valence-electron chi connectivity index (χ4n) is 2.22. The van der Waals surface area contributed by atoms with Crippen molar-refractivity contribution in [3.05, 3.63) is 58.9 Å². The number of aliphatic hydroxyl groups is 1. The summed E-state index contributed by atoms with van der Waals surface area (Å²) in [6.07, 6.45) is -6.54. The molecule has 1 atom stereocenters. The predicted octanol–water partition coefficient (Wildman–Crippen LogP) is 3.69. The Hall–Kier alpha value is -2.81. The molecular weight excluding hydrogens is 360 g/mol. The third-order valence-corrected chi connectivity index (χ3v) is 3.32. The van der Waals surface area contributed by atoms with E-state index in [9.17, 15) is 32.6 Å². The van der Waals surface area contributed by atoms with Crippen molar-refractivity contribution >= 4 is 5.97 Å². The number of alkyl halides is 3. The number of rotatable bonds is 5. The minimum Gasteiger partial charge on any atom is -0.507 e. The van der Waals surface area contributed by atoms with Gasteiger partial charge in [0.25, 0.3) is 0 Å². The Kier molecular flexibility index (Phi) is 5.71. The average Bonchev–Trinajstić information content (AvgIpc) is 2.53. The molecule has 0 heterocycles. The minimum absolute atomic E-state index is 0.0117. The van der Waals surface area contributed by atoms with Crippen LogP contribution in [0.3, 0.4) is 0 Å². The van der Waals surface area contributed by atoms with Gasteiger partial charge in [-0.3, -0.25) is 0 Å². The lowest BCUT2D eigenvalue weighted by Gasteiger charge is -2.16. The lowest BCUT2D eigenvalue weighted by atomic mass is 9.98. The van der Waals surface area contributed by atoms with Crippen molar-refractivity contribution in [1.82, 2.24) is 0 Å². The topological polar surface area (TPSA) is 76.0 Å². The Morgan fingerprint density at radius 2 is 1.81 bits per heavy atom. The first kappa shape index (κ1) is 19.5. The number of hydrogen-bond donors (Lipinski definition) is 2. The Balaban J connectivity index is 2.29. The fraction of sp³-hybridized carbons (Fsp3) is 0.235. The number of phenols is 1. The highest BCUT2D eigenvalue weighted by molar-refractivity contribution is 5.90. The smallest absolute Gasteiger partial charge is 0.507 e. The van der Waals surface area contributed by atoms with Crippen LogP contribution in [0.5, 0.6) is 11.5 Å². The van der Waals surface area contributed by atoms with Crippen LogP contribution in [0.4, 0.5) is 17.6 Å². The monoisotopic (exact) mass is 374 g/mol. The number of carbonyl (C=O) groups is 1. The first-order chi connectivity index (χ1) is 12.1. The summed E-state index contributed by atoms with van der Waals surface area (Å²) in [7, 11) is 0.